The van der Waals surface area contributed by atoms with Gasteiger partial charge in [0.2, 0.25) is 0 Å². The first-order valence-corrected chi connectivity index (χ1v) is 4.91. The van der Waals surface area contributed by atoms with Gasteiger partial charge in [-0.3, -0.25) is 0 Å². The monoisotopic (exact) mass is 154 g/mol. The Morgan fingerprint density at radius 1 is 1.45 bits per heavy atom. The quantitative estimate of drug-likeness (QED) is 0.614. The van der Waals surface area contributed by atoms with Gasteiger partial charge < -0.3 is 5.11 Å². The van der Waals surface area contributed by atoms with Gasteiger partial charge in [0.05, 0.1) is 5.60 Å². The van der Waals surface area contributed by atoms with E-state index in [0.717, 1.165) is 12.3 Å². The molecule has 2 rings (SSSR count). The minimum absolute atomic E-state index is 0.289. The van der Waals surface area contributed by atoms with Crippen LogP contribution in [0.4, 0.5) is 0 Å². The molecule has 2 aliphatic rings. The lowest BCUT2D eigenvalue weighted by atomic mass is 9.75. The molecule has 64 valence electrons. The molecule has 0 spiro atoms. The van der Waals surface area contributed by atoms with Crippen LogP contribution in [0.3, 0.4) is 0 Å². The Morgan fingerprint density at radius 3 is 2.55 bits per heavy atom. The van der Waals surface area contributed by atoms with Crippen molar-refractivity contribution >= 4 is 0 Å². The van der Waals surface area contributed by atoms with Crippen LogP contribution in [-0.4, -0.2) is 10.7 Å². The maximum absolute atomic E-state index is 10.3. The summed E-state index contributed by atoms with van der Waals surface area (Å²) in [5.41, 5.74) is -0.289. The molecule has 0 saturated heterocycles. The van der Waals surface area contributed by atoms with Gasteiger partial charge in [-0.1, -0.05) is 13.8 Å². The molecule has 1 N–H and O–H groups in total. The van der Waals surface area contributed by atoms with E-state index >= 15 is 0 Å². The van der Waals surface area contributed by atoms with Crippen molar-refractivity contribution in [1.82, 2.24) is 0 Å². The highest BCUT2D eigenvalue weighted by molar-refractivity contribution is 5.04. The maximum atomic E-state index is 10.3. The van der Waals surface area contributed by atoms with Crippen molar-refractivity contribution in [2.45, 2.75) is 45.1 Å². The second kappa shape index (κ2) is 2.22. The number of hydrogen-bond donors (Lipinski definition) is 1. The van der Waals surface area contributed by atoms with Crippen molar-refractivity contribution in [1.29, 1.82) is 0 Å². The van der Waals surface area contributed by atoms with Crippen molar-refractivity contribution < 1.29 is 5.11 Å². The average Bonchev–Trinajstić information content (AvgIpc) is 2.56. The van der Waals surface area contributed by atoms with Crippen molar-refractivity contribution in [3.8, 4) is 0 Å². The number of hydrogen-bond acceptors (Lipinski definition) is 1. The second-order valence-corrected chi connectivity index (χ2v) is 4.40. The fourth-order valence-electron chi connectivity index (χ4n) is 3.32. The van der Waals surface area contributed by atoms with Crippen LogP contribution in [-0.2, 0) is 0 Å². The van der Waals surface area contributed by atoms with E-state index in [1.807, 2.05) is 0 Å². The molecule has 0 amide bonds. The minimum Gasteiger partial charge on any atom is -0.389 e. The van der Waals surface area contributed by atoms with Crippen molar-refractivity contribution in [2.24, 2.45) is 17.8 Å². The molecular weight excluding hydrogens is 136 g/mol. The predicted octanol–water partition coefficient (Wildman–Crippen LogP) is 2.19. The van der Waals surface area contributed by atoms with Crippen molar-refractivity contribution in [3.05, 3.63) is 0 Å². The van der Waals surface area contributed by atoms with E-state index in [1.54, 1.807) is 0 Å². The molecule has 2 fully saturated rings. The summed E-state index contributed by atoms with van der Waals surface area (Å²) >= 11 is 0. The van der Waals surface area contributed by atoms with Crippen LogP contribution < -0.4 is 0 Å². The van der Waals surface area contributed by atoms with Crippen LogP contribution in [0.15, 0.2) is 0 Å². The third kappa shape index (κ3) is 0.807. The zero-order chi connectivity index (χ0) is 8.06. The SMILES string of the molecule is CCC1(O)C2CCC(C2)C1C. The molecule has 1 heteroatoms. The number of fused-ring (bicyclic) bond motifs is 2. The van der Waals surface area contributed by atoms with Crippen LogP contribution in [0.25, 0.3) is 0 Å². The van der Waals surface area contributed by atoms with Crippen LogP contribution in [0.1, 0.15) is 39.5 Å². The summed E-state index contributed by atoms with van der Waals surface area (Å²) in [6, 6.07) is 0. The standard InChI is InChI=1S/C10H18O/c1-3-10(11)7(2)8-4-5-9(10)6-8/h7-9,11H,3-6H2,1-2H3. The molecule has 4 atom stereocenters. The second-order valence-electron chi connectivity index (χ2n) is 4.40. The van der Waals surface area contributed by atoms with Gasteiger partial charge in [-0.2, -0.15) is 0 Å². The summed E-state index contributed by atoms with van der Waals surface area (Å²) in [7, 11) is 0. The Balaban J connectivity index is 2.23. The zero-order valence-electron chi connectivity index (χ0n) is 7.51. The molecule has 11 heavy (non-hydrogen) atoms. The van der Waals surface area contributed by atoms with E-state index in [1.165, 1.54) is 19.3 Å². The average molecular weight is 154 g/mol. The molecular formula is C10H18O. The fraction of sp³-hybridized carbons (Fsp3) is 1.00. The van der Waals surface area contributed by atoms with E-state index in [0.29, 0.717) is 11.8 Å². The lowest BCUT2D eigenvalue weighted by Crippen LogP contribution is -2.41. The lowest BCUT2D eigenvalue weighted by molar-refractivity contribution is -0.0562. The molecule has 2 saturated carbocycles. The summed E-state index contributed by atoms with van der Waals surface area (Å²) in [4.78, 5) is 0. The summed E-state index contributed by atoms with van der Waals surface area (Å²) in [5, 5.41) is 10.3. The highest BCUT2D eigenvalue weighted by Gasteiger charge is 2.53. The summed E-state index contributed by atoms with van der Waals surface area (Å²) in [6.45, 7) is 4.35. The molecule has 0 aromatic heterocycles. The minimum atomic E-state index is -0.289. The molecule has 4 unspecified atom stereocenters. The van der Waals surface area contributed by atoms with Crippen LogP contribution >= 0.6 is 0 Å². The Morgan fingerprint density at radius 2 is 2.18 bits per heavy atom. The first-order valence-electron chi connectivity index (χ1n) is 4.91. The van der Waals surface area contributed by atoms with Gasteiger partial charge in [0.1, 0.15) is 0 Å². The molecule has 2 bridgehead atoms. The van der Waals surface area contributed by atoms with Gasteiger partial charge in [0.25, 0.3) is 0 Å². The molecule has 0 aromatic carbocycles. The third-order valence-corrected chi connectivity index (χ3v) is 4.24. The van der Waals surface area contributed by atoms with E-state index in [9.17, 15) is 5.11 Å². The van der Waals surface area contributed by atoms with Crippen molar-refractivity contribution in [2.75, 3.05) is 0 Å². The van der Waals surface area contributed by atoms with Crippen molar-refractivity contribution in [3.63, 3.8) is 0 Å². The highest BCUT2D eigenvalue weighted by Crippen LogP contribution is 2.55. The number of rotatable bonds is 1. The van der Waals surface area contributed by atoms with E-state index in [-0.39, 0.29) is 5.60 Å². The normalized spacial score (nSPS) is 55.4. The van der Waals surface area contributed by atoms with Gasteiger partial charge in [0.15, 0.2) is 0 Å². The zero-order valence-corrected chi connectivity index (χ0v) is 7.51. The first kappa shape index (κ1) is 7.60. The van der Waals surface area contributed by atoms with Gasteiger partial charge in [-0.15, -0.1) is 0 Å². The van der Waals surface area contributed by atoms with Gasteiger partial charge >= 0.3 is 0 Å². The van der Waals surface area contributed by atoms with E-state index in [2.05, 4.69) is 13.8 Å². The first-order chi connectivity index (χ1) is 5.18. The largest absolute Gasteiger partial charge is 0.389 e. The third-order valence-electron chi connectivity index (χ3n) is 4.24. The molecule has 0 aromatic rings. The van der Waals surface area contributed by atoms with E-state index in [4.69, 9.17) is 0 Å². The van der Waals surface area contributed by atoms with Gasteiger partial charge in [0, 0.05) is 0 Å². The Labute approximate surface area is 68.8 Å². The Bertz CT molecular complexity index is 162. The Hall–Kier alpha value is -0.0400. The van der Waals surface area contributed by atoms with Crippen LogP contribution in [0.5, 0.6) is 0 Å². The molecule has 0 radical (unpaired) electrons. The smallest absolute Gasteiger partial charge is 0.0701 e. The van der Waals surface area contributed by atoms with Gasteiger partial charge in [-0.25, -0.2) is 0 Å². The molecule has 0 aliphatic heterocycles. The molecule has 1 nitrogen and oxygen atoms in total. The predicted molar refractivity (Wildman–Crippen MR) is 45.2 cm³/mol. The highest BCUT2D eigenvalue weighted by atomic mass is 16.3. The summed E-state index contributed by atoms with van der Waals surface area (Å²) in [5.74, 6) is 2.03. The molecule has 2 aliphatic carbocycles. The molecule has 0 heterocycles. The van der Waals surface area contributed by atoms with Crippen LogP contribution in [0, 0.1) is 17.8 Å². The Kier molecular flexibility index (Phi) is 1.54. The lowest BCUT2D eigenvalue weighted by Gasteiger charge is -2.37. The van der Waals surface area contributed by atoms with Gasteiger partial charge in [-0.05, 0) is 43.4 Å². The topological polar surface area (TPSA) is 20.2 Å². The fourth-order valence-corrected chi connectivity index (χ4v) is 3.32. The summed E-state index contributed by atoms with van der Waals surface area (Å²) in [6.07, 6.45) is 4.90. The summed E-state index contributed by atoms with van der Waals surface area (Å²) < 4.78 is 0. The van der Waals surface area contributed by atoms with Crippen LogP contribution in [0.2, 0.25) is 0 Å². The van der Waals surface area contributed by atoms with E-state index < -0.39 is 0 Å². The maximum Gasteiger partial charge on any atom is 0.0701 e. The number of aliphatic hydroxyl groups is 1.